The van der Waals surface area contributed by atoms with Crippen molar-refractivity contribution in [1.29, 1.82) is 0 Å². The maximum atomic E-state index is 12.5. The summed E-state index contributed by atoms with van der Waals surface area (Å²) in [5.74, 6) is 0.0337. The monoisotopic (exact) mass is 398 g/mol. The predicted molar refractivity (Wildman–Crippen MR) is 105 cm³/mol. The zero-order valence-corrected chi connectivity index (χ0v) is 16.2. The number of carbonyl (C=O) groups excluding carboxylic acids is 1. The maximum Gasteiger partial charge on any atom is 0.297 e. The quantitative estimate of drug-likeness (QED) is 0.566. The molecule has 3 aromatic heterocycles. The van der Waals surface area contributed by atoms with Crippen LogP contribution in [0.5, 0.6) is 0 Å². The van der Waals surface area contributed by atoms with E-state index < -0.39 is 5.91 Å². The Morgan fingerprint density at radius 2 is 2.07 bits per heavy atom. The van der Waals surface area contributed by atoms with Crippen molar-refractivity contribution in [2.75, 3.05) is 5.32 Å². The van der Waals surface area contributed by atoms with E-state index in [1.165, 1.54) is 11.3 Å². The standard InChI is InChI=1S/C18H15ClN6OS/c1-10-7-11(2)25-17(21-10)22-15(24-25)16(26)23-18-20-9-13(27-18)8-12-5-3-4-6-14(12)19/h3-7,9H,8H2,1-2H3,(H,20,23,26). The van der Waals surface area contributed by atoms with Crippen molar-refractivity contribution < 1.29 is 4.79 Å². The number of hydrogen-bond acceptors (Lipinski definition) is 6. The summed E-state index contributed by atoms with van der Waals surface area (Å²) in [6, 6.07) is 9.54. The van der Waals surface area contributed by atoms with Gasteiger partial charge in [-0.3, -0.25) is 10.1 Å². The Balaban J connectivity index is 1.51. The number of thiazole rings is 1. The molecule has 27 heavy (non-hydrogen) atoms. The molecule has 1 N–H and O–H groups in total. The predicted octanol–water partition coefficient (Wildman–Crippen LogP) is 3.69. The van der Waals surface area contributed by atoms with Gasteiger partial charge in [0.05, 0.1) is 0 Å². The smallest absolute Gasteiger partial charge is 0.295 e. The number of anilines is 1. The number of fused-ring (bicyclic) bond motifs is 1. The van der Waals surface area contributed by atoms with Crippen LogP contribution in [0.15, 0.2) is 36.5 Å². The summed E-state index contributed by atoms with van der Waals surface area (Å²) in [7, 11) is 0. The van der Waals surface area contributed by atoms with Crippen LogP contribution in [0.2, 0.25) is 5.02 Å². The summed E-state index contributed by atoms with van der Waals surface area (Å²) in [5.41, 5.74) is 2.70. The van der Waals surface area contributed by atoms with Gasteiger partial charge in [0.1, 0.15) is 0 Å². The van der Waals surface area contributed by atoms with Crippen LogP contribution in [0.1, 0.15) is 32.4 Å². The molecule has 1 aromatic carbocycles. The maximum absolute atomic E-state index is 12.5. The van der Waals surface area contributed by atoms with Crippen molar-refractivity contribution in [3.63, 3.8) is 0 Å². The summed E-state index contributed by atoms with van der Waals surface area (Å²) in [4.78, 5) is 26.2. The largest absolute Gasteiger partial charge is 0.297 e. The lowest BCUT2D eigenvalue weighted by molar-refractivity contribution is 0.101. The molecule has 0 radical (unpaired) electrons. The van der Waals surface area contributed by atoms with Gasteiger partial charge in [-0.25, -0.2) is 14.5 Å². The normalized spacial score (nSPS) is 11.1. The molecule has 0 spiro atoms. The fourth-order valence-corrected chi connectivity index (χ4v) is 3.73. The zero-order chi connectivity index (χ0) is 19.0. The third-order valence-corrected chi connectivity index (χ3v) is 5.20. The summed E-state index contributed by atoms with van der Waals surface area (Å²) in [5, 5.41) is 8.17. The number of aromatic nitrogens is 5. The molecule has 4 rings (SSSR count). The zero-order valence-electron chi connectivity index (χ0n) is 14.6. The SMILES string of the molecule is Cc1cc(C)n2nc(C(=O)Nc3ncc(Cc4ccccc4Cl)s3)nc2n1. The second kappa shape index (κ2) is 7.05. The van der Waals surface area contributed by atoms with Crippen molar-refractivity contribution in [1.82, 2.24) is 24.6 Å². The van der Waals surface area contributed by atoms with Crippen molar-refractivity contribution in [2.24, 2.45) is 0 Å². The lowest BCUT2D eigenvalue weighted by Gasteiger charge is -2.00. The number of halogens is 1. The molecule has 0 unspecified atom stereocenters. The molecule has 0 saturated heterocycles. The van der Waals surface area contributed by atoms with Crippen LogP contribution >= 0.6 is 22.9 Å². The van der Waals surface area contributed by atoms with E-state index in [4.69, 9.17) is 11.6 Å². The summed E-state index contributed by atoms with van der Waals surface area (Å²) in [6.07, 6.45) is 2.39. The number of hydrogen-bond donors (Lipinski definition) is 1. The Bertz CT molecular complexity index is 1150. The minimum absolute atomic E-state index is 0.0547. The summed E-state index contributed by atoms with van der Waals surface area (Å²) in [6.45, 7) is 3.76. The minimum Gasteiger partial charge on any atom is -0.295 e. The molecule has 0 saturated carbocycles. The van der Waals surface area contributed by atoms with Gasteiger partial charge in [-0.1, -0.05) is 29.8 Å². The van der Waals surface area contributed by atoms with Crippen LogP contribution in [0.25, 0.3) is 5.78 Å². The number of amides is 1. The van der Waals surface area contributed by atoms with Crippen LogP contribution in [0, 0.1) is 13.8 Å². The van der Waals surface area contributed by atoms with Crippen molar-refractivity contribution in [3.8, 4) is 0 Å². The van der Waals surface area contributed by atoms with Crippen LogP contribution in [-0.4, -0.2) is 30.5 Å². The molecule has 7 nitrogen and oxygen atoms in total. The Hall–Kier alpha value is -2.84. The Morgan fingerprint density at radius 3 is 2.89 bits per heavy atom. The Labute approximate surface area is 164 Å². The van der Waals surface area contributed by atoms with E-state index >= 15 is 0 Å². The molecular weight excluding hydrogens is 384 g/mol. The van der Waals surface area contributed by atoms with E-state index in [0.29, 0.717) is 22.4 Å². The lowest BCUT2D eigenvalue weighted by Crippen LogP contribution is -2.13. The first kappa shape index (κ1) is 17.6. The molecule has 0 fully saturated rings. The molecule has 4 aromatic rings. The van der Waals surface area contributed by atoms with Crippen LogP contribution in [0.3, 0.4) is 0 Å². The van der Waals surface area contributed by atoms with Crippen molar-refractivity contribution in [2.45, 2.75) is 20.3 Å². The number of carbonyl (C=O) groups is 1. The van der Waals surface area contributed by atoms with E-state index in [2.05, 4.69) is 25.4 Å². The molecule has 0 aliphatic carbocycles. The van der Waals surface area contributed by atoms with Gasteiger partial charge in [0.25, 0.3) is 11.7 Å². The van der Waals surface area contributed by atoms with E-state index in [1.54, 1.807) is 10.7 Å². The average Bonchev–Trinajstić information content (AvgIpc) is 3.24. The van der Waals surface area contributed by atoms with Gasteiger partial charge in [-0.15, -0.1) is 16.4 Å². The Morgan fingerprint density at radius 1 is 1.26 bits per heavy atom. The minimum atomic E-state index is -0.420. The highest BCUT2D eigenvalue weighted by molar-refractivity contribution is 7.15. The Kier molecular flexibility index (Phi) is 4.59. The number of aryl methyl sites for hydroxylation is 2. The molecular formula is C18H15ClN6OS. The van der Waals surface area contributed by atoms with E-state index in [9.17, 15) is 4.79 Å². The average molecular weight is 399 g/mol. The van der Waals surface area contributed by atoms with Crippen LogP contribution in [0.4, 0.5) is 5.13 Å². The fraction of sp³-hybridized carbons (Fsp3) is 0.167. The first-order valence-electron chi connectivity index (χ1n) is 8.20. The molecule has 0 aliphatic rings. The van der Waals surface area contributed by atoms with Crippen LogP contribution < -0.4 is 5.32 Å². The van der Waals surface area contributed by atoms with Gasteiger partial charge in [0.15, 0.2) is 5.13 Å². The van der Waals surface area contributed by atoms with E-state index in [0.717, 1.165) is 21.8 Å². The third-order valence-electron chi connectivity index (χ3n) is 3.92. The molecule has 0 atom stereocenters. The fourth-order valence-electron chi connectivity index (χ4n) is 2.69. The van der Waals surface area contributed by atoms with Crippen LogP contribution in [-0.2, 0) is 6.42 Å². The topological polar surface area (TPSA) is 85.1 Å². The highest BCUT2D eigenvalue weighted by Gasteiger charge is 2.17. The summed E-state index contributed by atoms with van der Waals surface area (Å²) < 4.78 is 1.55. The van der Waals surface area contributed by atoms with E-state index in [1.807, 2.05) is 44.2 Å². The number of rotatable bonds is 4. The third kappa shape index (κ3) is 3.67. The van der Waals surface area contributed by atoms with Gasteiger partial charge in [0, 0.05) is 33.9 Å². The summed E-state index contributed by atoms with van der Waals surface area (Å²) >= 11 is 7.59. The first-order valence-corrected chi connectivity index (χ1v) is 9.39. The van der Waals surface area contributed by atoms with Crippen molar-refractivity contribution in [3.05, 3.63) is 69.2 Å². The van der Waals surface area contributed by atoms with Gasteiger partial charge in [-0.05, 0) is 31.5 Å². The molecule has 1 amide bonds. The number of nitrogens with zero attached hydrogens (tertiary/aromatic N) is 5. The van der Waals surface area contributed by atoms with Gasteiger partial charge < -0.3 is 0 Å². The molecule has 3 heterocycles. The second-order valence-corrected chi connectivity index (χ2v) is 7.56. The molecule has 0 aliphatic heterocycles. The number of benzene rings is 1. The van der Waals surface area contributed by atoms with Gasteiger partial charge in [-0.2, -0.15) is 4.98 Å². The first-order chi connectivity index (χ1) is 13.0. The second-order valence-electron chi connectivity index (χ2n) is 6.04. The van der Waals surface area contributed by atoms with Crippen molar-refractivity contribution >= 4 is 39.8 Å². The number of nitrogens with one attached hydrogen (secondary N) is 1. The molecule has 9 heteroatoms. The lowest BCUT2D eigenvalue weighted by atomic mass is 10.1. The molecule has 136 valence electrons. The van der Waals surface area contributed by atoms with Gasteiger partial charge in [0.2, 0.25) is 5.82 Å². The highest BCUT2D eigenvalue weighted by Crippen LogP contribution is 2.24. The van der Waals surface area contributed by atoms with Gasteiger partial charge >= 0.3 is 0 Å². The van der Waals surface area contributed by atoms with E-state index in [-0.39, 0.29) is 5.82 Å². The highest BCUT2D eigenvalue weighted by atomic mass is 35.5. The molecule has 0 bridgehead atoms.